The lowest BCUT2D eigenvalue weighted by molar-refractivity contribution is 1.18. The van der Waals surface area contributed by atoms with Gasteiger partial charge < -0.3 is 4.57 Å². The van der Waals surface area contributed by atoms with Crippen LogP contribution < -0.4 is 0 Å². The number of aliphatic imine (C=N–C) groups is 2. The summed E-state index contributed by atoms with van der Waals surface area (Å²) in [4.78, 5) is 9.52. The summed E-state index contributed by atoms with van der Waals surface area (Å²) in [6.07, 6.45) is 1.61. The van der Waals surface area contributed by atoms with E-state index in [1.54, 1.807) is 30.6 Å². The average Bonchev–Trinajstić information content (AvgIpc) is 3.83. The molecule has 0 aliphatic rings. The van der Waals surface area contributed by atoms with Crippen LogP contribution in [0.5, 0.6) is 0 Å². The molecule has 0 aliphatic heterocycles. The number of benzene rings is 7. The Balaban J connectivity index is 1.35. The first-order chi connectivity index (χ1) is 30.1. The zero-order valence-electron chi connectivity index (χ0n) is 39.1. The summed E-state index contributed by atoms with van der Waals surface area (Å²) in [6, 6.07) is 21.0. The van der Waals surface area contributed by atoms with E-state index in [-0.39, 0.29) is 50.0 Å². The third kappa shape index (κ3) is 5.09. The van der Waals surface area contributed by atoms with Gasteiger partial charge in [-0.15, -0.1) is 0 Å². The van der Waals surface area contributed by atoms with Crippen molar-refractivity contribution in [1.29, 1.82) is 5.41 Å². The molecular weight excluding hydrogens is 611 g/mol. The van der Waals surface area contributed by atoms with Gasteiger partial charge >= 0.3 is 0 Å². The molecule has 0 unspecified atom stereocenters. The lowest BCUT2D eigenvalue weighted by Crippen LogP contribution is -2.07. The van der Waals surface area contributed by atoms with Crippen molar-refractivity contribution in [1.82, 2.24) is 9.13 Å². The lowest BCUT2D eigenvalue weighted by atomic mass is 10.0. The van der Waals surface area contributed by atoms with Crippen molar-refractivity contribution < 1.29 is 17.8 Å². The van der Waals surface area contributed by atoms with Crippen molar-refractivity contribution in [2.24, 2.45) is 9.98 Å². The third-order valence-corrected chi connectivity index (χ3v) is 8.43. The van der Waals surface area contributed by atoms with Crippen molar-refractivity contribution in [3.63, 3.8) is 0 Å². The Morgan fingerprint density at radius 1 is 0.540 bits per heavy atom. The van der Waals surface area contributed by atoms with Gasteiger partial charge in [0.05, 0.1) is 39.9 Å². The number of para-hydroxylation sites is 4. The number of nitrogens with one attached hydrogen (secondary N) is 1. The highest BCUT2D eigenvalue weighted by atomic mass is 15.1. The fourth-order valence-electron chi connectivity index (χ4n) is 6.21. The molecule has 9 aromatic rings. The fourth-order valence-corrected chi connectivity index (χ4v) is 6.21. The van der Waals surface area contributed by atoms with Crippen molar-refractivity contribution >= 4 is 61.6 Å². The number of amidine groups is 2. The Hall–Kier alpha value is -6.85. The second kappa shape index (κ2) is 12.3. The number of aromatic nitrogens is 2. The van der Waals surface area contributed by atoms with Crippen molar-refractivity contribution in [2.75, 3.05) is 0 Å². The Labute approximate surface area is 307 Å². The molecule has 7 aromatic carbocycles. The van der Waals surface area contributed by atoms with Gasteiger partial charge in [0.25, 0.3) is 0 Å². The number of hydrogen-bond acceptors (Lipinski definition) is 1. The summed E-state index contributed by atoms with van der Waals surface area (Å²) in [5, 5.41) is 11.2. The van der Waals surface area contributed by atoms with E-state index in [1.165, 1.54) is 22.8 Å². The van der Waals surface area contributed by atoms with Gasteiger partial charge in [-0.2, -0.15) is 0 Å². The van der Waals surface area contributed by atoms with Crippen LogP contribution in [0, 0.1) is 5.41 Å². The van der Waals surface area contributed by atoms with Crippen LogP contribution in [0.15, 0.2) is 186 Å². The van der Waals surface area contributed by atoms with Gasteiger partial charge in [0.2, 0.25) is 0 Å². The summed E-state index contributed by atoms with van der Waals surface area (Å²) in [5.41, 5.74) is 1.61. The van der Waals surface area contributed by atoms with Gasteiger partial charge in [0, 0.05) is 38.4 Å². The highest BCUT2D eigenvalue weighted by molar-refractivity contribution is 6.16. The van der Waals surface area contributed by atoms with Crippen LogP contribution in [0.25, 0.3) is 60.4 Å². The van der Waals surface area contributed by atoms with Crippen LogP contribution in [0.1, 0.15) is 28.9 Å². The largest absolute Gasteiger partial charge is 0.309 e. The second-order valence-electron chi connectivity index (χ2n) is 11.4. The highest BCUT2D eigenvalue weighted by Gasteiger charge is 2.16. The predicted molar refractivity (Wildman–Crippen MR) is 209 cm³/mol. The van der Waals surface area contributed by atoms with Crippen molar-refractivity contribution in [3.05, 3.63) is 187 Å². The fraction of sp³-hybridized carbons (Fsp3) is 0. The first kappa shape index (κ1) is 18.6. The van der Waals surface area contributed by atoms with E-state index in [1.807, 2.05) is 59.2 Å². The molecule has 0 aliphatic carbocycles. The normalized spacial score (nSPS) is 15.8. The second-order valence-corrected chi connectivity index (χ2v) is 11.4. The molecule has 0 atom stereocenters. The van der Waals surface area contributed by atoms with E-state index >= 15 is 0 Å². The first-order valence-electron chi connectivity index (χ1n) is 22.1. The monoisotopic (exact) mass is 654 g/mol. The average molecular weight is 655 g/mol. The minimum Gasteiger partial charge on any atom is -0.309 e. The molecule has 5 nitrogen and oxygen atoms in total. The van der Waals surface area contributed by atoms with E-state index in [9.17, 15) is 5.41 Å². The zero-order chi connectivity index (χ0) is 44.8. The number of rotatable bonds is 5. The maximum absolute atomic E-state index is 9.52. The standard InChI is InChI=1S/C45H31N5/c46-44(48-45(32-17-5-2-6-18-32)47-30-49-40-23-11-7-19-36(40)37-20-8-12-24-41(37)49)34-27-33(31-15-3-1-4-16-31)28-35(29-34)50-42-25-13-9-21-38(42)39-22-10-14-26-43(39)50/h1-30,46H/i1D,3D,4D,9D,10D,13D,14D,15D,16D,21D,22D,25D,26D. The molecule has 0 fully saturated rings. The number of nitrogens with zero attached hydrogens (tertiary/aromatic N) is 4. The Kier molecular flexibility index (Phi) is 4.59. The van der Waals surface area contributed by atoms with E-state index < -0.39 is 84.4 Å². The summed E-state index contributed by atoms with van der Waals surface area (Å²) < 4.78 is 116. The van der Waals surface area contributed by atoms with Gasteiger partial charge in [0.1, 0.15) is 6.34 Å². The molecule has 9 rings (SSSR count). The molecule has 0 radical (unpaired) electrons. The summed E-state index contributed by atoms with van der Waals surface area (Å²) in [6.45, 7) is 0. The predicted octanol–water partition coefficient (Wildman–Crippen LogP) is 10.9. The topological polar surface area (TPSA) is 58.4 Å². The molecule has 0 spiro atoms. The maximum atomic E-state index is 9.52. The van der Waals surface area contributed by atoms with Crippen molar-refractivity contribution in [3.8, 4) is 16.8 Å². The molecule has 0 saturated heterocycles. The zero-order valence-corrected chi connectivity index (χ0v) is 26.1. The van der Waals surface area contributed by atoms with Crippen LogP contribution in [-0.4, -0.2) is 27.1 Å². The van der Waals surface area contributed by atoms with Crippen LogP contribution in [0.4, 0.5) is 0 Å². The van der Waals surface area contributed by atoms with Crippen LogP contribution in [-0.2, 0) is 0 Å². The summed E-state index contributed by atoms with van der Waals surface area (Å²) >= 11 is 0. The van der Waals surface area contributed by atoms with Crippen molar-refractivity contribution in [2.45, 2.75) is 0 Å². The lowest BCUT2D eigenvalue weighted by Gasteiger charge is -2.13. The molecule has 1 N–H and O–H groups in total. The molecule has 5 heteroatoms. The smallest absolute Gasteiger partial charge is 0.163 e. The molecule has 236 valence electrons. The van der Waals surface area contributed by atoms with E-state index in [2.05, 4.69) is 0 Å². The number of fused-ring (bicyclic) bond motifs is 6. The molecule has 0 amide bonds. The van der Waals surface area contributed by atoms with Crippen LogP contribution in [0.2, 0.25) is 0 Å². The van der Waals surface area contributed by atoms with E-state index in [0.717, 1.165) is 21.8 Å². The Morgan fingerprint density at radius 3 is 1.78 bits per heavy atom. The summed E-state index contributed by atoms with van der Waals surface area (Å²) in [7, 11) is 0. The van der Waals surface area contributed by atoms with Crippen LogP contribution in [0.3, 0.4) is 0 Å². The van der Waals surface area contributed by atoms with Gasteiger partial charge in [-0.3, -0.25) is 9.98 Å². The van der Waals surface area contributed by atoms with Gasteiger partial charge in [0.15, 0.2) is 11.7 Å². The maximum Gasteiger partial charge on any atom is 0.163 e. The molecule has 2 heterocycles. The molecule has 0 saturated carbocycles. The van der Waals surface area contributed by atoms with Crippen LogP contribution >= 0.6 is 0 Å². The van der Waals surface area contributed by atoms with Gasteiger partial charge in [-0.1, -0.05) is 133 Å². The SMILES string of the molecule is [2H]c1c([2H])c([2H])c(-c2cc(C(=N)N=C(N=Cn3c4ccccc4c4ccccc43)c3ccccc3)cc(-n3c4c([2H])c([2H])c([2H])c([2H])c4c4c([2H])c([2H])c([2H])c([2H])c43)c2)c([2H])c1[2H]. The quantitative estimate of drug-likeness (QED) is 0.142. The first-order valence-corrected chi connectivity index (χ1v) is 15.6. The van der Waals surface area contributed by atoms with E-state index in [4.69, 9.17) is 27.8 Å². The van der Waals surface area contributed by atoms with Gasteiger partial charge in [-0.25, -0.2) is 9.98 Å². The summed E-state index contributed by atoms with van der Waals surface area (Å²) in [5.74, 6) is -0.300. The Morgan fingerprint density at radius 2 is 1.12 bits per heavy atom. The molecule has 50 heavy (non-hydrogen) atoms. The van der Waals surface area contributed by atoms with E-state index in [0.29, 0.717) is 5.56 Å². The minimum atomic E-state index is -0.639. The molecule has 0 bridgehead atoms. The van der Waals surface area contributed by atoms with Gasteiger partial charge in [-0.05, 0) is 53.5 Å². The molecule has 2 aromatic heterocycles. The highest BCUT2D eigenvalue weighted by Crippen LogP contribution is 2.34. The number of hydrogen-bond donors (Lipinski definition) is 1. The third-order valence-electron chi connectivity index (χ3n) is 8.43. The Bertz CT molecular complexity index is 3360. The minimum absolute atomic E-state index is 0.00600. The molecular formula is C45H31N5.